The van der Waals surface area contributed by atoms with Gasteiger partial charge in [0, 0.05) is 12.8 Å². The van der Waals surface area contributed by atoms with Crippen molar-refractivity contribution in [3.8, 4) is 6.19 Å². The molecule has 0 aliphatic carbocycles. The Labute approximate surface area is 94.2 Å². The van der Waals surface area contributed by atoms with Crippen molar-refractivity contribution in [1.29, 1.82) is 5.26 Å². The van der Waals surface area contributed by atoms with Crippen molar-refractivity contribution >= 4 is 16.9 Å². The average molecular weight is 219 g/mol. The molecule has 0 radical (unpaired) electrons. The van der Waals surface area contributed by atoms with Crippen molar-refractivity contribution in [2.24, 2.45) is 4.99 Å². The zero-order valence-electron chi connectivity index (χ0n) is 8.82. The number of hydrogen-bond donors (Lipinski definition) is 1. The minimum absolute atomic E-state index is 0.652. The molecule has 0 atom stereocenters. The predicted octanol–water partition coefficient (Wildman–Crippen LogP) is 2.28. The van der Waals surface area contributed by atoms with Crippen molar-refractivity contribution in [2.45, 2.75) is 12.7 Å². The highest BCUT2D eigenvalue weighted by molar-refractivity contribution is 8.13. The number of rotatable bonds is 2. The Hall–Kier alpha value is -1.47. The third-order valence-electron chi connectivity index (χ3n) is 1.82. The standard InChI is InChI=1S/C11H13N3S/c1-9-4-3-5-10(6-9)7-15-11(13-2)14-8-12/h3-6H,7H2,1-2H3,(H,13,14). The molecule has 0 amide bonds. The molecular formula is C11H13N3S. The van der Waals surface area contributed by atoms with Gasteiger partial charge in [-0.15, -0.1) is 0 Å². The van der Waals surface area contributed by atoms with Crippen LogP contribution in [0.2, 0.25) is 0 Å². The lowest BCUT2D eigenvalue weighted by atomic mass is 10.2. The molecule has 0 saturated heterocycles. The first kappa shape index (κ1) is 11.6. The number of nitrogens with zero attached hydrogens (tertiary/aromatic N) is 2. The highest BCUT2D eigenvalue weighted by atomic mass is 32.2. The van der Waals surface area contributed by atoms with Crippen LogP contribution in [0, 0.1) is 18.4 Å². The van der Waals surface area contributed by atoms with Gasteiger partial charge in [-0.2, -0.15) is 5.26 Å². The molecule has 0 aliphatic heterocycles. The summed E-state index contributed by atoms with van der Waals surface area (Å²) in [5, 5.41) is 11.6. The largest absolute Gasteiger partial charge is 0.272 e. The van der Waals surface area contributed by atoms with E-state index in [1.165, 1.54) is 22.9 Å². The SMILES string of the molecule is CN=C(NC#N)SCc1cccc(C)c1. The summed E-state index contributed by atoms with van der Waals surface area (Å²) in [7, 11) is 1.67. The molecule has 3 nitrogen and oxygen atoms in total. The number of aryl methyl sites for hydroxylation is 1. The topological polar surface area (TPSA) is 48.2 Å². The van der Waals surface area contributed by atoms with E-state index >= 15 is 0 Å². The highest BCUT2D eigenvalue weighted by Gasteiger charge is 1.99. The first-order valence-corrected chi connectivity index (χ1v) is 5.55. The van der Waals surface area contributed by atoms with E-state index in [2.05, 4.69) is 35.4 Å². The Kier molecular flexibility index (Phi) is 4.72. The van der Waals surface area contributed by atoms with Gasteiger partial charge in [0.05, 0.1) is 0 Å². The minimum atomic E-state index is 0.652. The van der Waals surface area contributed by atoms with Gasteiger partial charge in [-0.1, -0.05) is 41.6 Å². The van der Waals surface area contributed by atoms with Crippen molar-refractivity contribution in [2.75, 3.05) is 7.05 Å². The molecule has 0 saturated carbocycles. The summed E-state index contributed by atoms with van der Waals surface area (Å²) in [4.78, 5) is 3.96. The van der Waals surface area contributed by atoms with Crippen LogP contribution in [0.4, 0.5) is 0 Å². The van der Waals surface area contributed by atoms with E-state index in [9.17, 15) is 0 Å². The zero-order chi connectivity index (χ0) is 11.1. The van der Waals surface area contributed by atoms with Crippen molar-refractivity contribution < 1.29 is 0 Å². The molecule has 1 aromatic carbocycles. The molecule has 0 bridgehead atoms. The maximum Gasteiger partial charge on any atom is 0.183 e. The molecule has 1 aromatic rings. The van der Waals surface area contributed by atoms with Crippen LogP contribution in [0.1, 0.15) is 11.1 Å². The van der Waals surface area contributed by atoms with Gasteiger partial charge in [-0.3, -0.25) is 10.3 Å². The smallest absolute Gasteiger partial charge is 0.183 e. The van der Waals surface area contributed by atoms with E-state index in [4.69, 9.17) is 5.26 Å². The Bertz CT molecular complexity index is 393. The third kappa shape index (κ3) is 4.05. The number of nitrogens with one attached hydrogen (secondary N) is 1. The monoisotopic (exact) mass is 219 g/mol. The van der Waals surface area contributed by atoms with Crippen LogP contribution in [0.15, 0.2) is 29.3 Å². The van der Waals surface area contributed by atoms with Crippen molar-refractivity contribution in [3.63, 3.8) is 0 Å². The quantitative estimate of drug-likeness (QED) is 0.359. The maximum atomic E-state index is 8.45. The van der Waals surface area contributed by atoms with Gasteiger partial charge < -0.3 is 0 Å². The van der Waals surface area contributed by atoms with Crippen LogP contribution >= 0.6 is 11.8 Å². The first-order chi connectivity index (χ1) is 7.26. The molecule has 1 N–H and O–H groups in total. The first-order valence-electron chi connectivity index (χ1n) is 4.56. The molecule has 1 rings (SSSR count). The second-order valence-corrected chi connectivity index (χ2v) is 4.01. The van der Waals surface area contributed by atoms with Gasteiger partial charge in [0.2, 0.25) is 0 Å². The van der Waals surface area contributed by atoms with Crippen LogP contribution in [-0.2, 0) is 5.75 Å². The van der Waals surface area contributed by atoms with Crippen LogP contribution in [0.25, 0.3) is 0 Å². The fourth-order valence-corrected chi connectivity index (χ4v) is 1.89. The summed E-state index contributed by atoms with van der Waals surface area (Å²) in [6, 6.07) is 8.30. The van der Waals surface area contributed by atoms with E-state index in [0.717, 1.165) is 5.75 Å². The van der Waals surface area contributed by atoms with Gasteiger partial charge in [0.25, 0.3) is 0 Å². The lowest BCUT2D eigenvalue weighted by Crippen LogP contribution is -2.13. The summed E-state index contributed by atoms with van der Waals surface area (Å²) in [6.07, 6.45) is 1.86. The van der Waals surface area contributed by atoms with Crippen LogP contribution in [0.5, 0.6) is 0 Å². The zero-order valence-corrected chi connectivity index (χ0v) is 9.64. The van der Waals surface area contributed by atoms with Gasteiger partial charge in [-0.25, -0.2) is 0 Å². The highest BCUT2D eigenvalue weighted by Crippen LogP contribution is 2.13. The van der Waals surface area contributed by atoms with Gasteiger partial charge >= 0.3 is 0 Å². The van der Waals surface area contributed by atoms with Crippen LogP contribution in [-0.4, -0.2) is 12.2 Å². The number of thioether (sulfide) groups is 1. The number of benzene rings is 1. The van der Waals surface area contributed by atoms with Gasteiger partial charge in [-0.05, 0) is 12.5 Å². The molecule has 78 valence electrons. The summed E-state index contributed by atoms with van der Waals surface area (Å²) >= 11 is 1.52. The molecule has 0 heterocycles. The molecule has 15 heavy (non-hydrogen) atoms. The van der Waals surface area contributed by atoms with E-state index in [-0.39, 0.29) is 0 Å². The molecule has 0 fully saturated rings. The van der Waals surface area contributed by atoms with Crippen molar-refractivity contribution in [3.05, 3.63) is 35.4 Å². The van der Waals surface area contributed by atoms with E-state index in [1.54, 1.807) is 7.05 Å². The lowest BCUT2D eigenvalue weighted by Gasteiger charge is -2.03. The average Bonchev–Trinajstić information content (AvgIpc) is 2.24. The van der Waals surface area contributed by atoms with Gasteiger partial charge in [0.1, 0.15) is 0 Å². The lowest BCUT2D eigenvalue weighted by molar-refractivity contribution is 1.26. The Morgan fingerprint density at radius 3 is 3.00 bits per heavy atom. The number of aliphatic imine (C=N–C) groups is 1. The third-order valence-corrected chi connectivity index (χ3v) is 2.86. The summed E-state index contributed by atoms with van der Waals surface area (Å²) in [5.41, 5.74) is 2.48. The normalized spacial score (nSPS) is 10.9. The Balaban J connectivity index is 2.54. The number of nitriles is 1. The van der Waals surface area contributed by atoms with Gasteiger partial charge in [0.15, 0.2) is 11.4 Å². The fraction of sp³-hybridized carbons (Fsp3) is 0.273. The molecule has 4 heteroatoms. The van der Waals surface area contributed by atoms with E-state index in [0.29, 0.717) is 5.17 Å². The summed E-state index contributed by atoms with van der Waals surface area (Å²) in [5.74, 6) is 0.822. The number of amidine groups is 1. The summed E-state index contributed by atoms with van der Waals surface area (Å²) in [6.45, 7) is 2.07. The molecular weight excluding hydrogens is 206 g/mol. The van der Waals surface area contributed by atoms with E-state index in [1.807, 2.05) is 12.3 Å². The maximum absolute atomic E-state index is 8.45. The minimum Gasteiger partial charge on any atom is -0.272 e. The van der Waals surface area contributed by atoms with Crippen molar-refractivity contribution in [1.82, 2.24) is 5.32 Å². The fourth-order valence-electron chi connectivity index (χ4n) is 1.16. The molecule has 0 spiro atoms. The summed E-state index contributed by atoms with van der Waals surface area (Å²) < 4.78 is 0. The van der Waals surface area contributed by atoms with Crippen LogP contribution in [0.3, 0.4) is 0 Å². The second-order valence-electron chi connectivity index (χ2n) is 3.04. The van der Waals surface area contributed by atoms with Crippen LogP contribution < -0.4 is 5.32 Å². The Morgan fingerprint density at radius 2 is 2.40 bits per heavy atom. The molecule has 0 aliphatic rings. The number of hydrogen-bond acceptors (Lipinski definition) is 3. The van der Waals surface area contributed by atoms with E-state index < -0.39 is 0 Å². The molecule has 0 unspecified atom stereocenters. The molecule has 0 aromatic heterocycles. The predicted molar refractivity (Wildman–Crippen MR) is 64.6 cm³/mol. The Morgan fingerprint density at radius 1 is 1.60 bits per heavy atom. The second kappa shape index (κ2) is 6.10.